The summed E-state index contributed by atoms with van der Waals surface area (Å²) >= 11 is 0. The molecule has 102 valence electrons. The van der Waals surface area contributed by atoms with Crippen LogP contribution in [0.5, 0.6) is 0 Å². The van der Waals surface area contributed by atoms with Gasteiger partial charge in [-0.2, -0.15) is 0 Å². The summed E-state index contributed by atoms with van der Waals surface area (Å²) < 4.78 is 0. The van der Waals surface area contributed by atoms with Crippen molar-refractivity contribution in [2.24, 2.45) is 5.92 Å². The number of benzene rings is 1. The van der Waals surface area contributed by atoms with Crippen LogP contribution in [-0.2, 0) is 11.2 Å². The maximum absolute atomic E-state index is 11.6. The summed E-state index contributed by atoms with van der Waals surface area (Å²) in [7, 11) is 0. The molecule has 0 unspecified atom stereocenters. The lowest BCUT2D eigenvalue weighted by molar-refractivity contribution is -0.116. The van der Waals surface area contributed by atoms with Crippen LogP contribution in [0.25, 0.3) is 0 Å². The van der Waals surface area contributed by atoms with Crippen LogP contribution in [-0.4, -0.2) is 19.0 Å². The minimum absolute atomic E-state index is 0.145. The molecule has 1 N–H and O–H groups in total. The maximum Gasteiger partial charge on any atom is 0.223 e. The third-order valence-corrected chi connectivity index (χ3v) is 4.43. The molecule has 3 rings (SSSR count). The van der Waals surface area contributed by atoms with E-state index in [9.17, 15) is 4.79 Å². The Morgan fingerprint density at radius 3 is 2.89 bits per heavy atom. The Morgan fingerprint density at radius 1 is 1.37 bits per heavy atom. The van der Waals surface area contributed by atoms with E-state index in [0.717, 1.165) is 36.8 Å². The van der Waals surface area contributed by atoms with Gasteiger partial charge in [0.15, 0.2) is 0 Å². The number of hydrogen-bond donors (Lipinski definition) is 1. The Hall–Kier alpha value is -1.51. The first-order valence-corrected chi connectivity index (χ1v) is 7.39. The van der Waals surface area contributed by atoms with Crippen molar-refractivity contribution in [3.8, 4) is 0 Å². The Labute approximate surface area is 115 Å². The topological polar surface area (TPSA) is 32.3 Å². The summed E-state index contributed by atoms with van der Waals surface area (Å²) in [6, 6.07) is 6.45. The van der Waals surface area contributed by atoms with Gasteiger partial charge in [0.05, 0.1) is 0 Å². The van der Waals surface area contributed by atoms with Gasteiger partial charge >= 0.3 is 0 Å². The Balaban J connectivity index is 1.70. The van der Waals surface area contributed by atoms with Gasteiger partial charge in [0, 0.05) is 31.4 Å². The second-order valence-corrected chi connectivity index (χ2v) is 5.80. The number of anilines is 2. The van der Waals surface area contributed by atoms with E-state index < -0.39 is 0 Å². The maximum atomic E-state index is 11.6. The molecule has 0 aromatic heterocycles. The normalized spacial score (nSPS) is 18.7. The molecule has 1 aliphatic heterocycles. The highest BCUT2D eigenvalue weighted by molar-refractivity contribution is 5.94. The minimum Gasteiger partial charge on any atom is -0.385 e. The molecule has 0 spiro atoms. The molecule has 0 atom stereocenters. The van der Waals surface area contributed by atoms with Crippen LogP contribution in [0.3, 0.4) is 0 Å². The summed E-state index contributed by atoms with van der Waals surface area (Å²) in [4.78, 5) is 13.5. The molecule has 1 aliphatic carbocycles. The fourth-order valence-electron chi connectivity index (χ4n) is 3.29. The molecule has 0 bridgehead atoms. The van der Waals surface area contributed by atoms with Gasteiger partial charge in [0.2, 0.25) is 5.91 Å². The molecule has 0 radical (unpaired) electrons. The van der Waals surface area contributed by atoms with Gasteiger partial charge in [-0.15, -0.1) is 0 Å². The zero-order valence-corrected chi connectivity index (χ0v) is 11.6. The van der Waals surface area contributed by atoms with Crippen LogP contribution in [0, 0.1) is 5.92 Å². The van der Waals surface area contributed by atoms with Crippen LogP contribution in [0.4, 0.5) is 11.4 Å². The first-order valence-electron chi connectivity index (χ1n) is 7.39. The second kappa shape index (κ2) is 5.24. The van der Waals surface area contributed by atoms with E-state index in [4.69, 9.17) is 0 Å². The molecule has 1 heterocycles. The van der Waals surface area contributed by atoms with Gasteiger partial charge < -0.3 is 10.2 Å². The van der Waals surface area contributed by atoms with Crippen LogP contribution in [0.15, 0.2) is 18.2 Å². The van der Waals surface area contributed by atoms with Crippen molar-refractivity contribution in [2.75, 3.05) is 23.3 Å². The quantitative estimate of drug-likeness (QED) is 0.903. The molecule has 3 nitrogen and oxygen atoms in total. The number of hydrogen-bond acceptors (Lipinski definition) is 2. The largest absolute Gasteiger partial charge is 0.385 e. The van der Waals surface area contributed by atoms with Crippen molar-refractivity contribution in [1.29, 1.82) is 0 Å². The number of carbonyl (C=O) groups is 1. The van der Waals surface area contributed by atoms with Gasteiger partial charge in [-0.25, -0.2) is 0 Å². The number of nitrogens with one attached hydrogen (secondary N) is 1. The van der Waals surface area contributed by atoms with Crippen LogP contribution < -0.4 is 10.2 Å². The summed E-state index contributed by atoms with van der Waals surface area (Å²) in [6.07, 6.45) is 6.47. The number of nitrogens with zero attached hydrogens (tertiary/aromatic N) is 1. The predicted octanol–water partition coefficient (Wildman–Crippen LogP) is 3.20. The zero-order valence-electron chi connectivity index (χ0n) is 11.6. The van der Waals surface area contributed by atoms with E-state index in [0.29, 0.717) is 0 Å². The molecule has 1 fully saturated rings. The van der Waals surface area contributed by atoms with Crippen LogP contribution in [0.1, 0.15) is 38.2 Å². The van der Waals surface area contributed by atoms with E-state index in [1.807, 2.05) is 4.90 Å². The Bertz CT molecular complexity index is 478. The Morgan fingerprint density at radius 2 is 2.16 bits per heavy atom. The summed E-state index contributed by atoms with van der Waals surface area (Å²) in [5.74, 6) is 0.976. The van der Waals surface area contributed by atoms with Crippen molar-refractivity contribution in [2.45, 2.75) is 39.0 Å². The van der Waals surface area contributed by atoms with Crippen molar-refractivity contribution in [1.82, 2.24) is 0 Å². The highest BCUT2D eigenvalue weighted by Gasteiger charge is 2.22. The highest BCUT2D eigenvalue weighted by Crippen LogP contribution is 2.31. The van der Waals surface area contributed by atoms with E-state index >= 15 is 0 Å². The predicted molar refractivity (Wildman–Crippen MR) is 78.6 cm³/mol. The number of carbonyl (C=O) groups excluding carboxylic acids is 1. The number of amides is 1. The summed E-state index contributed by atoms with van der Waals surface area (Å²) in [6.45, 7) is 3.54. The molecular weight excluding hydrogens is 236 g/mol. The average Bonchev–Trinajstić information content (AvgIpc) is 3.05. The van der Waals surface area contributed by atoms with Crippen molar-refractivity contribution in [3.63, 3.8) is 0 Å². The molecule has 2 aliphatic rings. The third-order valence-electron chi connectivity index (χ3n) is 4.43. The first kappa shape index (κ1) is 12.5. The van der Waals surface area contributed by atoms with Crippen molar-refractivity contribution < 1.29 is 4.79 Å². The smallest absolute Gasteiger partial charge is 0.223 e. The summed E-state index contributed by atoms with van der Waals surface area (Å²) in [5, 5.41) is 3.54. The summed E-state index contributed by atoms with van der Waals surface area (Å²) in [5.41, 5.74) is 3.55. The van der Waals surface area contributed by atoms with Gasteiger partial charge in [-0.1, -0.05) is 18.9 Å². The minimum atomic E-state index is 0.145. The SMILES string of the molecule is CC(=O)N1CCc2ccc(NCC3CCCC3)cc21. The van der Waals surface area contributed by atoms with Gasteiger partial charge in [-0.3, -0.25) is 4.79 Å². The molecular formula is C16H22N2O. The third kappa shape index (κ3) is 2.60. The molecule has 0 saturated heterocycles. The van der Waals surface area contributed by atoms with Gasteiger partial charge in [-0.05, 0) is 42.9 Å². The van der Waals surface area contributed by atoms with Crippen molar-refractivity contribution in [3.05, 3.63) is 23.8 Å². The standard InChI is InChI=1S/C16H22N2O/c1-12(19)18-9-8-14-6-7-15(10-16(14)18)17-11-13-4-2-3-5-13/h6-7,10,13,17H,2-5,8-9,11H2,1H3. The van der Waals surface area contributed by atoms with Gasteiger partial charge in [0.1, 0.15) is 0 Å². The fraction of sp³-hybridized carbons (Fsp3) is 0.562. The van der Waals surface area contributed by atoms with E-state index in [1.165, 1.54) is 31.2 Å². The molecule has 1 amide bonds. The highest BCUT2D eigenvalue weighted by atomic mass is 16.2. The fourth-order valence-corrected chi connectivity index (χ4v) is 3.29. The molecule has 3 heteroatoms. The average molecular weight is 258 g/mol. The first-order chi connectivity index (χ1) is 9.24. The number of fused-ring (bicyclic) bond motifs is 1. The van der Waals surface area contributed by atoms with Crippen LogP contribution >= 0.6 is 0 Å². The van der Waals surface area contributed by atoms with Gasteiger partial charge in [0.25, 0.3) is 0 Å². The lowest BCUT2D eigenvalue weighted by Crippen LogP contribution is -2.25. The van der Waals surface area contributed by atoms with E-state index in [2.05, 4.69) is 23.5 Å². The second-order valence-electron chi connectivity index (χ2n) is 5.80. The lowest BCUT2D eigenvalue weighted by Gasteiger charge is -2.17. The molecule has 1 aromatic rings. The molecule has 19 heavy (non-hydrogen) atoms. The zero-order chi connectivity index (χ0) is 13.2. The lowest BCUT2D eigenvalue weighted by atomic mass is 10.1. The van der Waals surface area contributed by atoms with E-state index in [-0.39, 0.29) is 5.91 Å². The molecule has 1 saturated carbocycles. The molecule has 1 aromatic carbocycles. The monoisotopic (exact) mass is 258 g/mol. The number of rotatable bonds is 3. The Kier molecular flexibility index (Phi) is 3.45. The van der Waals surface area contributed by atoms with E-state index in [1.54, 1.807) is 6.92 Å². The van der Waals surface area contributed by atoms with Crippen molar-refractivity contribution >= 4 is 17.3 Å². The van der Waals surface area contributed by atoms with Crippen LogP contribution in [0.2, 0.25) is 0 Å².